The molecule has 0 bridgehead atoms. The molecular formula is C25H25ClN4O2S. The van der Waals surface area contributed by atoms with Gasteiger partial charge in [-0.3, -0.25) is 9.59 Å². The van der Waals surface area contributed by atoms with Crippen LogP contribution < -0.4 is 16.4 Å². The van der Waals surface area contributed by atoms with E-state index in [1.807, 2.05) is 30.3 Å². The molecule has 0 aliphatic heterocycles. The van der Waals surface area contributed by atoms with Crippen molar-refractivity contribution in [1.29, 1.82) is 0 Å². The van der Waals surface area contributed by atoms with Gasteiger partial charge in [0.15, 0.2) is 0 Å². The molecule has 1 aromatic heterocycles. The van der Waals surface area contributed by atoms with Gasteiger partial charge in [0.2, 0.25) is 0 Å². The van der Waals surface area contributed by atoms with Crippen LogP contribution in [0.5, 0.6) is 0 Å². The summed E-state index contributed by atoms with van der Waals surface area (Å²) in [6.45, 7) is 0. The molecule has 170 valence electrons. The molecule has 4 rings (SSSR count). The first-order valence-corrected chi connectivity index (χ1v) is 12.0. The molecule has 0 saturated heterocycles. The Morgan fingerprint density at radius 1 is 0.970 bits per heavy atom. The molecule has 3 aromatic rings. The summed E-state index contributed by atoms with van der Waals surface area (Å²) in [6, 6.07) is 18.3. The third-order valence-corrected chi connectivity index (χ3v) is 6.91. The van der Waals surface area contributed by atoms with E-state index in [0.29, 0.717) is 26.9 Å². The maximum Gasteiger partial charge on any atom is 0.258 e. The molecule has 2 aromatic carbocycles. The molecule has 0 radical (unpaired) electrons. The van der Waals surface area contributed by atoms with Gasteiger partial charge in [0.05, 0.1) is 16.3 Å². The molecule has 6 nitrogen and oxygen atoms in total. The van der Waals surface area contributed by atoms with Crippen molar-refractivity contribution < 1.29 is 9.59 Å². The molecule has 0 spiro atoms. The number of nitrogens with two attached hydrogens (primary N) is 1. The van der Waals surface area contributed by atoms with Crippen LogP contribution in [0.2, 0.25) is 5.02 Å². The average Bonchev–Trinajstić information content (AvgIpc) is 2.83. The second-order valence-electron chi connectivity index (χ2n) is 8.01. The topological polar surface area (TPSA) is 97.1 Å². The zero-order chi connectivity index (χ0) is 23.2. The normalized spacial score (nSPS) is 17.9. The van der Waals surface area contributed by atoms with E-state index in [0.717, 1.165) is 30.6 Å². The third-order valence-electron chi connectivity index (χ3n) is 5.56. The minimum atomic E-state index is -0.345. The first-order chi connectivity index (χ1) is 16.0. The Balaban J connectivity index is 1.48. The molecule has 1 fully saturated rings. The van der Waals surface area contributed by atoms with Gasteiger partial charge in [0, 0.05) is 28.7 Å². The van der Waals surface area contributed by atoms with E-state index in [4.69, 9.17) is 17.3 Å². The molecule has 0 atom stereocenters. The second-order valence-corrected chi connectivity index (χ2v) is 9.47. The minimum Gasteiger partial charge on any atom is -0.349 e. The number of hydrogen-bond donors (Lipinski definition) is 3. The largest absolute Gasteiger partial charge is 0.349 e. The van der Waals surface area contributed by atoms with Gasteiger partial charge in [-0.1, -0.05) is 41.6 Å². The number of hydrogen-bond acceptors (Lipinski definition) is 5. The van der Waals surface area contributed by atoms with E-state index in [1.165, 1.54) is 11.8 Å². The van der Waals surface area contributed by atoms with Crippen LogP contribution in [0.1, 0.15) is 46.4 Å². The molecule has 1 aliphatic carbocycles. The average molecular weight is 481 g/mol. The highest BCUT2D eigenvalue weighted by atomic mass is 35.5. The number of nitrogens with zero attached hydrogens (tertiary/aromatic N) is 1. The lowest BCUT2D eigenvalue weighted by Gasteiger charge is -2.26. The maximum absolute atomic E-state index is 13.1. The van der Waals surface area contributed by atoms with Crippen LogP contribution in [0.3, 0.4) is 0 Å². The smallest absolute Gasteiger partial charge is 0.258 e. The molecule has 2 amide bonds. The molecule has 8 heteroatoms. The Morgan fingerprint density at radius 3 is 2.48 bits per heavy atom. The first-order valence-electron chi connectivity index (χ1n) is 10.8. The van der Waals surface area contributed by atoms with Gasteiger partial charge in [-0.2, -0.15) is 0 Å². The van der Waals surface area contributed by atoms with Crippen LogP contribution in [0.15, 0.2) is 76.8 Å². The molecule has 1 saturated carbocycles. The Morgan fingerprint density at radius 2 is 1.73 bits per heavy atom. The zero-order valence-corrected chi connectivity index (χ0v) is 19.5. The quantitative estimate of drug-likeness (QED) is 0.454. The number of halogens is 1. The van der Waals surface area contributed by atoms with Gasteiger partial charge in [0.1, 0.15) is 5.03 Å². The number of carbonyl (C=O) groups is 2. The Bertz CT molecular complexity index is 1130. The summed E-state index contributed by atoms with van der Waals surface area (Å²) in [7, 11) is 0. The summed E-state index contributed by atoms with van der Waals surface area (Å²) in [5.41, 5.74) is 7.19. The molecule has 1 heterocycles. The highest BCUT2D eigenvalue weighted by Gasteiger charge is 2.21. The zero-order valence-electron chi connectivity index (χ0n) is 18.0. The number of carbonyl (C=O) groups excluding carboxylic acids is 2. The SMILES string of the molecule is NC1CCC(NC(=O)c2ccc(Cl)c(NC(=O)c3cccnc3Sc3ccccc3)c2)CC1. The highest BCUT2D eigenvalue weighted by Crippen LogP contribution is 2.30. The highest BCUT2D eigenvalue weighted by molar-refractivity contribution is 7.99. The molecule has 4 N–H and O–H groups in total. The van der Waals surface area contributed by atoms with Gasteiger partial charge in [-0.25, -0.2) is 4.98 Å². The van der Waals surface area contributed by atoms with E-state index < -0.39 is 0 Å². The fraction of sp³-hybridized carbons (Fsp3) is 0.240. The number of rotatable bonds is 6. The van der Waals surface area contributed by atoms with E-state index in [2.05, 4.69) is 15.6 Å². The lowest BCUT2D eigenvalue weighted by Crippen LogP contribution is -2.40. The summed E-state index contributed by atoms with van der Waals surface area (Å²) < 4.78 is 0. The van der Waals surface area contributed by atoms with Crippen molar-refractivity contribution >= 4 is 40.9 Å². The predicted octanol–water partition coefficient (Wildman–Crippen LogP) is 5.14. The van der Waals surface area contributed by atoms with Crippen LogP contribution in [0.4, 0.5) is 5.69 Å². The van der Waals surface area contributed by atoms with Crippen molar-refractivity contribution in [2.75, 3.05) is 5.32 Å². The number of aromatic nitrogens is 1. The first kappa shape index (κ1) is 23.3. The van der Waals surface area contributed by atoms with Gasteiger partial charge in [0.25, 0.3) is 11.8 Å². The number of amides is 2. The summed E-state index contributed by atoms with van der Waals surface area (Å²) in [4.78, 5) is 31.2. The maximum atomic E-state index is 13.1. The van der Waals surface area contributed by atoms with E-state index in [9.17, 15) is 9.59 Å². The third kappa shape index (κ3) is 6.13. The van der Waals surface area contributed by atoms with Crippen molar-refractivity contribution in [3.63, 3.8) is 0 Å². The predicted molar refractivity (Wildman–Crippen MR) is 132 cm³/mol. The Hall–Kier alpha value is -2.87. The lowest BCUT2D eigenvalue weighted by molar-refractivity contribution is 0.0924. The van der Waals surface area contributed by atoms with Crippen molar-refractivity contribution in [2.24, 2.45) is 5.73 Å². The second kappa shape index (κ2) is 10.8. The standard InChI is InChI=1S/C25H25ClN4O2S/c26-21-13-8-16(23(31)29-18-11-9-17(27)10-12-18)15-22(21)30-24(32)20-7-4-14-28-25(20)33-19-5-2-1-3-6-19/h1-8,13-15,17-18H,9-12,27H2,(H,29,31)(H,30,32). The van der Waals surface area contributed by atoms with E-state index in [1.54, 1.807) is 36.5 Å². The number of anilines is 1. The van der Waals surface area contributed by atoms with Gasteiger partial charge in [-0.15, -0.1) is 0 Å². The summed E-state index contributed by atoms with van der Waals surface area (Å²) in [5.74, 6) is -0.536. The van der Waals surface area contributed by atoms with Crippen molar-refractivity contribution in [3.05, 3.63) is 83.0 Å². The number of benzene rings is 2. The summed E-state index contributed by atoms with van der Waals surface area (Å²) in [5, 5.41) is 6.83. The van der Waals surface area contributed by atoms with E-state index in [-0.39, 0.29) is 23.9 Å². The van der Waals surface area contributed by atoms with E-state index >= 15 is 0 Å². The molecule has 1 aliphatic rings. The molecule has 33 heavy (non-hydrogen) atoms. The van der Waals surface area contributed by atoms with Gasteiger partial charge in [-0.05, 0) is 68.1 Å². The van der Waals surface area contributed by atoms with Crippen LogP contribution >= 0.6 is 23.4 Å². The van der Waals surface area contributed by atoms with Crippen molar-refractivity contribution in [3.8, 4) is 0 Å². The number of pyridine rings is 1. The number of nitrogens with one attached hydrogen (secondary N) is 2. The van der Waals surface area contributed by atoms with Crippen LogP contribution in [0, 0.1) is 0 Å². The van der Waals surface area contributed by atoms with Crippen LogP contribution in [-0.4, -0.2) is 28.9 Å². The fourth-order valence-corrected chi connectivity index (χ4v) is 4.79. The lowest BCUT2D eigenvalue weighted by atomic mass is 9.91. The fourth-order valence-electron chi connectivity index (χ4n) is 3.73. The van der Waals surface area contributed by atoms with Crippen molar-refractivity contribution in [1.82, 2.24) is 10.3 Å². The van der Waals surface area contributed by atoms with Gasteiger partial charge < -0.3 is 16.4 Å². The summed E-state index contributed by atoms with van der Waals surface area (Å²) >= 11 is 7.74. The molecule has 0 unspecified atom stereocenters. The summed E-state index contributed by atoms with van der Waals surface area (Å²) in [6.07, 6.45) is 5.20. The minimum absolute atomic E-state index is 0.110. The van der Waals surface area contributed by atoms with Crippen molar-refractivity contribution in [2.45, 2.75) is 47.7 Å². The van der Waals surface area contributed by atoms with Gasteiger partial charge >= 0.3 is 0 Å². The monoisotopic (exact) mass is 480 g/mol. The Kier molecular flexibility index (Phi) is 7.65. The van der Waals surface area contributed by atoms with Crippen LogP contribution in [-0.2, 0) is 0 Å². The molecular weight excluding hydrogens is 456 g/mol. The Labute approximate surface area is 202 Å². The van der Waals surface area contributed by atoms with Crippen LogP contribution in [0.25, 0.3) is 0 Å².